The maximum Gasteiger partial charge on any atom is 0.152 e. The standard InChI is InChI=1S/C12H23NO3S/c1-10(2)11-7-12(14,8-11)9-13-3-5-17(15,16)6-4-13/h10-11,14H,3-9H2,1-2H3. The van der Waals surface area contributed by atoms with Gasteiger partial charge in [-0.25, -0.2) is 8.42 Å². The summed E-state index contributed by atoms with van der Waals surface area (Å²) in [5.74, 6) is 1.76. The molecular weight excluding hydrogens is 238 g/mol. The Morgan fingerprint density at radius 2 is 1.82 bits per heavy atom. The number of hydrogen-bond acceptors (Lipinski definition) is 4. The first kappa shape index (κ1) is 13.3. The van der Waals surface area contributed by atoms with Crippen LogP contribution in [0.15, 0.2) is 0 Å². The minimum absolute atomic E-state index is 0.247. The van der Waals surface area contributed by atoms with Crippen molar-refractivity contribution in [3.63, 3.8) is 0 Å². The Kier molecular flexibility index (Phi) is 3.54. The van der Waals surface area contributed by atoms with Gasteiger partial charge in [0.15, 0.2) is 9.84 Å². The molecule has 100 valence electrons. The number of aliphatic hydroxyl groups is 1. The van der Waals surface area contributed by atoms with Crippen LogP contribution in [0.2, 0.25) is 0 Å². The van der Waals surface area contributed by atoms with Crippen LogP contribution >= 0.6 is 0 Å². The highest BCUT2D eigenvalue weighted by Crippen LogP contribution is 2.42. The molecule has 1 heterocycles. The molecule has 0 amide bonds. The van der Waals surface area contributed by atoms with Gasteiger partial charge in [-0.15, -0.1) is 0 Å². The molecule has 0 aromatic rings. The van der Waals surface area contributed by atoms with Gasteiger partial charge in [0.25, 0.3) is 0 Å². The van der Waals surface area contributed by atoms with Crippen LogP contribution in [0, 0.1) is 11.8 Å². The predicted molar refractivity (Wildman–Crippen MR) is 67.6 cm³/mol. The Morgan fingerprint density at radius 1 is 1.29 bits per heavy atom. The van der Waals surface area contributed by atoms with Crippen LogP contribution in [0.25, 0.3) is 0 Å². The molecule has 5 heteroatoms. The fourth-order valence-corrected chi connectivity index (χ4v) is 4.12. The van der Waals surface area contributed by atoms with Gasteiger partial charge in [-0.1, -0.05) is 13.8 Å². The Labute approximate surface area is 104 Å². The van der Waals surface area contributed by atoms with Gasteiger partial charge < -0.3 is 5.11 Å². The van der Waals surface area contributed by atoms with E-state index in [9.17, 15) is 13.5 Å². The second-order valence-electron chi connectivity index (χ2n) is 6.06. The van der Waals surface area contributed by atoms with Crippen LogP contribution in [0.1, 0.15) is 26.7 Å². The molecule has 0 bridgehead atoms. The third kappa shape index (κ3) is 3.20. The second-order valence-corrected chi connectivity index (χ2v) is 8.37. The average molecular weight is 261 g/mol. The lowest BCUT2D eigenvalue weighted by molar-refractivity contribution is -0.104. The molecule has 1 aliphatic carbocycles. The number of rotatable bonds is 3. The summed E-state index contributed by atoms with van der Waals surface area (Å²) in [5.41, 5.74) is -0.559. The van der Waals surface area contributed by atoms with E-state index in [1.807, 2.05) is 0 Å². The zero-order chi connectivity index (χ0) is 12.7. The van der Waals surface area contributed by atoms with Gasteiger partial charge in [-0.2, -0.15) is 0 Å². The predicted octanol–water partition coefficient (Wildman–Crippen LogP) is 0.514. The summed E-state index contributed by atoms with van der Waals surface area (Å²) in [4.78, 5) is 2.09. The molecule has 0 aromatic carbocycles. The summed E-state index contributed by atoms with van der Waals surface area (Å²) in [5, 5.41) is 10.3. The molecule has 0 spiro atoms. The van der Waals surface area contributed by atoms with Gasteiger partial charge in [-0.3, -0.25) is 4.90 Å². The lowest BCUT2D eigenvalue weighted by Gasteiger charge is -2.48. The largest absolute Gasteiger partial charge is 0.389 e. The van der Waals surface area contributed by atoms with Crippen molar-refractivity contribution in [3.8, 4) is 0 Å². The van der Waals surface area contributed by atoms with Gasteiger partial charge in [0.2, 0.25) is 0 Å². The minimum Gasteiger partial charge on any atom is -0.389 e. The third-order valence-electron chi connectivity index (χ3n) is 4.18. The molecule has 1 saturated heterocycles. The molecule has 1 N–H and O–H groups in total. The topological polar surface area (TPSA) is 57.6 Å². The molecule has 0 radical (unpaired) electrons. The van der Waals surface area contributed by atoms with Crippen LogP contribution in [0.4, 0.5) is 0 Å². The maximum absolute atomic E-state index is 11.3. The van der Waals surface area contributed by atoms with Crippen LogP contribution in [-0.2, 0) is 9.84 Å². The van der Waals surface area contributed by atoms with Crippen molar-refractivity contribution in [1.82, 2.24) is 4.90 Å². The molecule has 17 heavy (non-hydrogen) atoms. The van der Waals surface area contributed by atoms with Gasteiger partial charge >= 0.3 is 0 Å². The van der Waals surface area contributed by atoms with Gasteiger partial charge in [-0.05, 0) is 24.7 Å². The molecule has 2 rings (SSSR count). The lowest BCUT2D eigenvalue weighted by atomic mass is 9.66. The molecular formula is C12H23NO3S. The summed E-state index contributed by atoms with van der Waals surface area (Å²) < 4.78 is 22.6. The first-order valence-electron chi connectivity index (χ1n) is 6.45. The van der Waals surface area contributed by atoms with E-state index in [0.29, 0.717) is 31.5 Å². The monoisotopic (exact) mass is 261 g/mol. The lowest BCUT2D eigenvalue weighted by Crippen LogP contribution is -2.55. The Morgan fingerprint density at radius 3 is 2.29 bits per heavy atom. The van der Waals surface area contributed by atoms with Crippen LogP contribution < -0.4 is 0 Å². The smallest absolute Gasteiger partial charge is 0.152 e. The van der Waals surface area contributed by atoms with E-state index in [-0.39, 0.29) is 11.5 Å². The van der Waals surface area contributed by atoms with Crippen LogP contribution in [0.3, 0.4) is 0 Å². The van der Waals surface area contributed by atoms with Crippen LogP contribution in [0.5, 0.6) is 0 Å². The Hall–Kier alpha value is -0.130. The van der Waals surface area contributed by atoms with E-state index in [1.165, 1.54) is 0 Å². The molecule has 2 fully saturated rings. The quantitative estimate of drug-likeness (QED) is 0.804. The molecule has 2 aliphatic rings. The zero-order valence-electron chi connectivity index (χ0n) is 10.7. The van der Waals surface area contributed by atoms with E-state index in [0.717, 1.165) is 12.8 Å². The fourth-order valence-electron chi connectivity index (χ4n) is 2.84. The summed E-state index contributed by atoms with van der Waals surface area (Å²) in [6.07, 6.45) is 1.74. The highest BCUT2D eigenvalue weighted by molar-refractivity contribution is 7.91. The number of hydrogen-bond donors (Lipinski definition) is 1. The molecule has 1 saturated carbocycles. The van der Waals surface area contributed by atoms with Crippen molar-refractivity contribution in [2.75, 3.05) is 31.1 Å². The number of nitrogens with zero attached hydrogens (tertiary/aromatic N) is 1. The SMILES string of the molecule is CC(C)C1CC(O)(CN2CCS(=O)(=O)CC2)C1. The third-order valence-corrected chi connectivity index (χ3v) is 5.79. The first-order chi connectivity index (χ1) is 7.80. The molecule has 0 atom stereocenters. The van der Waals surface area contributed by atoms with E-state index < -0.39 is 15.4 Å². The molecule has 0 unspecified atom stereocenters. The second kappa shape index (κ2) is 4.52. The van der Waals surface area contributed by atoms with E-state index in [1.54, 1.807) is 0 Å². The van der Waals surface area contributed by atoms with Gasteiger partial charge in [0, 0.05) is 19.6 Å². The summed E-state index contributed by atoms with van der Waals surface area (Å²) in [6, 6.07) is 0. The summed E-state index contributed by atoms with van der Waals surface area (Å²) in [7, 11) is -2.81. The highest BCUT2D eigenvalue weighted by atomic mass is 32.2. The molecule has 1 aliphatic heterocycles. The van der Waals surface area contributed by atoms with Crippen molar-refractivity contribution in [1.29, 1.82) is 0 Å². The Balaban J connectivity index is 1.80. The normalized spacial score (nSPS) is 38.0. The van der Waals surface area contributed by atoms with E-state index in [2.05, 4.69) is 18.7 Å². The van der Waals surface area contributed by atoms with Crippen molar-refractivity contribution in [2.24, 2.45) is 11.8 Å². The summed E-state index contributed by atoms with van der Waals surface area (Å²) >= 11 is 0. The number of β-amino-alcohol motifs (C(OH)–C–C–N with tert-alkyl or cyclic N) is 1. The highest BCUT2D eigenvalue weighted by Gasteiger charge is 2.45. The fraction of sp³-hybridized carbons (Fsp3) is 1.00. The Bertz CT molecular complexity index is 357. The summed E-state index contributed by atoms with van der Waals surface area (Å²) in [6.45, 7) is 6.19. The van der Waals surface area contributed by atoms with Crippen molar-refractivity contribution < 1.29 is 13.5 Å². The van der Waals surface area contributed by atoms with Crippen molar-refractivity contribution >= 4 is 9.84 Å². The van der Waals surface area contributed by atoms with E-state index in [4.69, 9.17) is 0 Å². The molecule has 4 nitrogen and oxygen atoms in total. The molecule has 0 aromatic heterocycles. The van der Waals surface area contributed by atoms with Gasteiger partial charge in [0.1, 0.15) is 0 Å². The maximum atomic E-state index is 11.3. The number of sulfone groups is 1. The average Bonchev–Trinajstić information content (AvgIpc) is 2.17. The van der Waals surface area contributed by atoms with Crippen molar-refractivity contribution in [3.05, 3.63) is 0 Å². The zero-order valence-corrected chi connectivity index (χ0v) is 11.5. The van der Waals surface area contributed by atoms with Gasteiger partial charge in [0.05, 0.1) is 17.1 Å². The van der Waals surface area contributed by atoms with Crippen LogP contribution in [-0.4, -0.2) is 55.2 Å². The first-order valence-corrected chi connectivity index (χ1v) is 8.27. The minimum atomic E-state index is -2.81. The van der Waals surface area contributed by atoms with E-state index >= 15 is 0 Å². The van der Waals surface area contributed by atoms with Crippen molar-refractivity contribution in [2.45, 2.75) is 32.3 Å².